The van der Waals surface area contributed by atoms with Crippen LogP contribution in [0.5, 0.6) is 0 Å². The Balaban J connectivity index is 2.30. The minimum atomic E-state index is -0.329. The zero-order valence-corrected chi connectivity index (χ0v) is 11.1. The summed E-state index contributed by atoms with van der Waals surface area (Å²) in [6.45, 7) is 1.87. The highest BCUT2D eigenvalue weighted by Gasteiger charge is 2.13. The molecule has 2 aromatic rings. The number of hydrogen-bond acceptors (Lipinski definition) is 2. The molecule has 0 saturated heterocycles. The van der Waals surface area contributed by atoms with Crippen LogP contribution in [0.2, 0.25) is 10.0 Å². The number of halogens is 2. The van der Waals surface area contributed by atoms with E-state index in [1.165, 1.54) is 12.4 Å². The smallest absolute Gasteiger partial charge is 0.258 e. The van der Waals surface area contributed by atoms with Crippen LogP contribution in [0.15, 0.2) is 36.7 Å². The molecule has 0 spiro atoms. The molecule has 0 atom stereocenters. The van der Waals surface area contributed by atoms with Gasteiger partial charge in [-0.15, -0.1) is 0 Å². The number of para-hydroxylation sites is 1. The second-order valence-corrected chi connectivity index (χ2v) is 4.56. The number of amides is 1. The van der Waals surface area contributed by atoms with Gasteiger partial charge < -0.3 is 5.32 Å². The van der Waals surface area contributed by atoms with Gasteiger partial charge in [-0.3, -0.25) is 9.78 Å². The fraction of sp³-hybridized carbons (Fsp3) is 0.0769. The molecule has 0 saturated carbocycles. The molecule has 0 aliphatic heterocycles. The number of carbonyl (C=O) groups is 1. The van der Waals surface area contributed by atoms with E-state index in [2.05, 4.69) is 10.3 Å². The summed E-state index contributed by atoms with van der Waals surface area (Å²) in [6.07, 6.45) is 2.95. The molecule has 0 radical (unpaired) electrons. The Labute approximate surface area is 115 Å². The van der Waals surface area contributed by atoms with Gasteiger partial charge in [0, 0.05) is 12.4 Å². The molecule has 1 heterocycles. The lowest BCUT2D eigenvalue weighted by Gasteiger charge is -2.10. The van der Waals surface area contributed by atoms with Crippen molar-refractivity contribution in [2.45, 2.75) is 6.92 Å². The van der Waals surface area contributed by atoms with Crippen LogP contribution in [0.1, 0.15) is 15.9 Å². The average Bonchev–Trinajstić information content (AvgIpc) is 2.34. The van der Waals surface area contributed by atoms with Crippen molar-refractivity contribution in [1.82, 2.24) is 4.98 Å². The Morgan fingerprint density at radius 1 is 1.22 bits per heavy atom. The highest BCUT2D eigenvalue weighted by Crippen LogP contribution is 2.26. The van der Waals surface area contributed by atoms with Crippen LogP contribution in [0.25, 0.3) is 0 Å². The minimum absolute atomic E-state index is 0.318. The number of hydrogen-bond donors (Lipinski definition) is 1. The second kappa shape index (κ2) is 5.38. The molecule has 0 unspecified atom stereocenters. The van der Waals surface area contributed by atoms with Gasteiger partial charge in [0.1, 0.15) is 0 Å². The van der Waals surface area contributed by atoms with Crippen molar-refractivity contribution in [3.8, 4) is 0 Å². The molecule has 5 heteroatoms. The Hall–Kier alpha value is -1.58. The van der Waals surface area contributed by atoms with E-state index in [0.717, 1.165) is 5.56 Å². The Bertz CT molecular complexity index is 579. The Morgan fingerprint density at radius 2 is 2.00 bits per heavy atom. The largest absolute Gasteiger partial charge is 0.320 e. The van der Waals surface area contributed by atoms with Crippen molar-refractivity contribution in [2.75, 3.05) is 5.32 Å². The van der Waals surface area contributed by atoms with Gasteiger partial charge in [0.05, 0.1) is 21.3 Å². The zero-order chi connectivity index (χ0) is 13.1. The standard InChI is InChI=1S/C13H10Cl2N2O/c1-8-3-2-4-11(15)12(8)17-13(18)9-7-16-6-5-10(9)14/h2-7H,1H3,(H,17,18). The van der Waals surface area contributed by atoms with Gasteiger partial charge in [0.15, 0.2) is 0 Å². The first-order chi connectivity index (χ1) is 8.59. The van der Waals surface area contributed by atoms with Crippen LogP contribution in [0, 0.1) is 6.92 Å². The molecule has 18 heavy (non-hydrogen) atoms. The number of nitrogens with one attached hydrogen (secondary N) is 1. The number of benzene rings is 1. The lowest BCUT2D eigenvalue weighted by molar-refractivity contribution is 0.102. The van der Waals surface area contributed by atoms with Crippen molar-refractivity contribution in [2.24, 2.45) is 0 Å². The number of rotatable bonds is 2. The summed E-state index contributed by atoms with van der Waals surface area (Å²) in [5.74, 6) is -0.329. The van der Waals surface area contributed by atoms with Crippen LogP contribution in [0.4, 0.5) is 5.69 Å². The molecule has 0 aliphatic rings. The van der Waals surface area contributed by atoms with E-state index in [-0.39, 0.29) is 5.91 Å². The predicted molar refractivity (Wildman–Crippen MR) is 73.4 cm³/mol. The normalized spacial score (nSPS) is 10.2. The van der Waals surface area contributed by atoms with Gasteiger partial charge in [-0.2, -0.15) is 0 Å². The van der Waals surface area contributed by atoms with Gasteiger partial charge in [-0.25, -0.2) is 0 Å². The summed E-state index contributed by atoms with van der Waals surface area (Å²) in [7, 11) is 0. The van der Waals surface area contributed by atoms with E-state index in [9.17, 15) is 4.79 Å². The molecule has 0 bridgehead atoms. The SMILES string of the molecule is Cc1cccc(Cl)c1NC(=O)c1cnccc1Cl. The van der Waals surface area contributed by atoms with E-state index < -0.39 is 0 Å². The quantitative estimate of drug-likeness (QED) is 0.905. The molecule has 1 aromatic carbocycles. The fourth-order valence-corrected chi connectivity index (χ4v) is 1.98. The third-order valence-corrected chi connectivity index (χ3v) is 3.12. The number of carbonyl (C=O) groups excluding carboxylic acids is 1. The topological polar surface area (TPSA) is 42.0 Å². The zero-order valence-electron chi connectivity index (χ0n) is 9.58. The molecular formula is C13H10Cl2N2O. The average molecular weight is 281 g/mol. The number of pyridine rings is 1. The van der Waals surface area contributed by atoms with Crippen molar-refractivity contribution >= 4 is 34.8 Å². The number of aryl methyl sites for hydroxylation is 1. The maximum atomic E-state index is 12.0. The summed E-state index contributed by atoms with van der Waals surface area (Å²) in [4.78, 5) is 15.9. The van der Waals surface area contributed by atoms with Crippen molar-refractivity contribution in [3.05, 3.63) is 57.8 Å². The first kappa shape index (κ1) is 12.9. The molecule has 2 rings (SSSR count). The molecule has 1 amide bonds. The van der Waals surface area contributed by atoms with E-state index in [1.807, 2.05) is 19.1 Å². The number of nitrogens with zero attached hydrogens (tertiary/aromatic N) is 1. The summed E-state index contributed by atoms with van der Waals surface area (Å²) in [5, 5.41) is 3.58. The van der Waals surface area contributed by atoms with Gasteiger partial charge in [0.25, 0.3) is 5.91 Å². The maximum Gasteiger partial charge on any atom is 0.258 e. The highest BCUT2D eigenvalue weighted by atomic mass is 35.5. The lowest BCUT2D eigenvalue weighted by Crippen LogP contribution is -2.14. The fourth-order valence-electron chi connectivity index (χ4n) is 1.52. The molecule has 1 aromatic heterocycles. The van der Waals surface area contributed by atoms with Gasteiger partial charge >= 0.3 is 0 Å². The van der Waals surface area contributed by atoms with E-state index in [0.29, 0.717) is 21.3 Å². The Morgan fingerprint density at radius 3 is 2.67 bits per heavy atom. The van der Waals surface area contributed by atoms with Crippen molar-refractivity contribution in [3.63, 3.8) is 0 Å². The van der Waals surface area contributed by atoms with Crippen LogP contribution >= 0.6 is 23.2 Å². The summed E-state index contributed by atoms with van der Waals surface area (Å²) < 4.78 is 0. The Kier molecular flexibility index (Phi) is 3.84. The lowest BCUT2D eigenvalue weighted by atomic mass is 10.2. The number of aromatic nitrogens is 1. The molecular weight excluding hydrogens is 271 g/mol. The summed E-state index contributed by atoms with van der Waals surface area (Å²) in [6, 6.07) is 6.97. The van der Waals surface area contributed by atoms with Crippen molar-refractivity contribution in [1.29, 1.82) is 0 Å². The molecule has 1 N–H and O–H groups in total. The second-order valence-electron chi connectivity index (χ2n) is 3.74. The van der Waals surface area contributed by atoms with Crippen LogP contribution in [-0.4, -0.2) is 10.9 Å². The molecule has 92 valence electrons. The third kappa shape index (κ3) is 2.63. The van der Waals surface area contributed by atoms with Gasteiger partial charge in [0.2, 0.25) is 0 Å². The van der Waals surface area contributed by atoms with Gasteiger partial charge in [-0.05, 0) is 24.6 Å². The van der Waals surface area contributed by atoms with E-state index in [4.69, 9.17) is 23.2 Å². The number of anilines is 1. The summed E-state index contributed by atoms with van der Waals surface area (Å²) >= 11 is 12.0. The van der Waals surface area contributed by atoms with Crippen LogP contribution in [0.3, 0.4) is 0 Å². The monoisotopic (exact) mass is 280 g/mol. The molecule has 0 aliphatic carbocycles. The van der Waals surface area contributed by atoms with Crippen LogP contribution in [-0.2, 0) is 0 Å². The molecule has 0 fully saturated rings. The third-order valence-electron chi connectivity index (χ3n) is 2.47. The highest BCUT2D eigenvalue weighted by molar-refractivity contribution is 6.36. The maximum absolute atomic E-state index is 12.0. The van der Waals surface area contributed by atoms with Crippen LogP contribution < -0.4 is 5.32 Å². The van der Waals surface area contributed by atoms with Crippen molar-refractivity contribution < 1.29 is 4.79 Å². The summed E-state index contributed by atoms with van der Waals surface area (Å²) in [5.41, 5.74) is 1.79. The first-order valence-electron chi connectivity index (χ1n) is 5.25. The van der Waals surface area contributed by atoms with E-state index in [1.54, 1.807) is 12.1 Å². The minimum Gasteiger partial charge on any atom is -0.320 e. The van der Waals surface area contributed by atoms with E-state index >= 15 is 0 Å². The first-order valence-corrected chi connectivity index (χ1v) is 6.01. The van der Waals surface area contributed by atoms with Gasteiger partial charge in [-0.1, -0.05) is 35.3 Å². The molecule has 3 nitrogen and oxygen atoms in total. The predicted octanol–water partition coefficient (Wildman–Crippen LogP) is 3.95.